The normalized spacial score (nSPS) is 10.2. The number of benzene rings is 2. The van der Waals surface area contributed by atoms with Gasteiger partial charge in [-0.15, -0.1) is 0 Å². The number of hydrogen-bond acceptors (Lipinski definition) is 3. The maximum atomic E-state index is 12.1. The number of aryl methyl sites for hydroxylation is 1. The lowest BCUT2D eigenvalue weighted by Crippen LogP contribution is -2.14. The minimum Gasteiger partial charge on any atom is -0.459 e. The van der Waals surface area contributed by atoms with Gasteiger partial charge in [0.1, 0.15) is 0 Å². The number of amides is 2. The van der Waals surface area contributed by atoms with Crippen molar-refractivity contribution in [2.24, 2.45) is 0 Å². The summed E-state index contributed by atoms with van der Waals surface area (Å²) in [5.41, 5.74) is 2.34. The van der Waals surface area contributed by atoms with Crippen LogP contribution in [0, 0.1) is 0 Å². The fraction of sp³-hybridized carbons (Fsp3) is 0.100. The summed E-state index contributed by atoms with van der Waals surface area (Å²) in [5.74, 6) is -0.173. The third-order valence-electron chi connectivity index (χ3n) is 3.63. The van der Waals surface area contributed by atoms with Crippen LogP contribution in [0.4, 0.5) is 11.4 Å². The third kappa shape index (κ3) is 4.81. The Labute approximate surface area is 145 Å². The van der Waals surface area contributed by atoms with Crippen molar-refractivity contribution in [3.8, 4) is 0 Å². The molecule has 0 aliphatic heterocycles. The highest BCUT2D eigenvalue weighted by atomic mass is 16.3. The molecule has 2 aromatic carbocycles. The van der Waals surface area contributed by atoms with Crippen molar-refractivity contribution < 1.29 is 14.0 Å². The number of furan rings is 1. The van der Waals surface area contributed by atoms with E-state index in [-0.39, 0.29) is 17.6 Å². The van der Waals surface area contributed by atoms with Gasteiger partial charge in [-0.25, -0.2) is 0 Å². The molecule has 1 aromatic heterocycles. The smallest absolute Gasteiger partial charge is 0.291 e. The van der Waals surface area contributed by atoms with Gasteiger partial charge in [0, 0.05) is 17.8 Å². The second-order valence-corrected chi connectivity index (χ2v) is 5.55. The Hall–Kier alpha value is -3.34. The zero-order chi connectivity index (χ0) is 17.5. The summed E-state index contributed by atoms with van der Waals surface area (Å²) in [4.78, 5) is 24.1. The van der Waals surface area contributed by atoms with Crippen LogP contribution >= 0.6 is 0 Å². The first-order chi connectivity index (χ1) is 12.2. The number of carbonyl (C=O) groups is 2. The molecule has 0 bridgehead atoms. The Morgan fingerprint density at radius 3 is 2.32 bits per heavy atom. The number of rotatable bonds is 6. The molecule has 0 fully saturated rings. The predicted octanol–water partition coefficient (Wildman–Crippen LogP) is 4.10. The molecule has 0 atom stereocenters. The lowest BCUT2D eigenvalue weighted by Gasteiger charge is -2.08. The number of carbonyl (C=O) groups excluding carboxylic acids is 2. The molecule has 25 heavy (non-hydrogen) atoms. The molecule has 5 heteroatoms. The van der Waals surface area contributed by atoms with E-state index in [1.54, 1.807) is 36.4 Å². The minimum atomic E-state index is -0.336. The first kappa shape index (κ1) is 16.5. The van der Waals surface area contributed by atoms with Crippen LogP contribution in [0.15, 0.2) is 77.4 Å². The Balaban J connectivity index is 1.56. The molecule has 0 aliphatic rings. The van der Waals surface area contributed by atoms with E-state index in [2.05, 4.69) is 10.6 Å². The molecule has 126 valence electrons. The summed E-state index contributed by atoms with van der Waals surface area (Å²) < 4.78 is 5.05. The van der Waals surface area contributed by atoms with Crippen molar-refractivity contribution in [2.45, 2.75) is 12.8 Å². The van der Waals surface area contributed by atoms with E-state index in [4.69, 9.17) is 4.42 Å². The van der Waals surface area contributed by atoms with Gasteiger partial charge in [0.15, 0.2) is 5.76 Å². The van der Waals surface area contributed by atoms with E-state index < -0.39 is 0 Å². The van der Waals surface area contributed by atoms with Crippen molar-refractivity contribution in [1.29, 1.82) is 0 Å². The molecule has 0 unspecified atom stereocenters. The van der Waals surface area contributed by atoms with Gasteiger partial charge >= 0.3 is 0 Å². The quantitative estimate of drug-likeness (QED) is 0.713. The Kier molecular flexibility index (Phi) is 5.26. The van der Waals surface area contributed by atoms with E-state index in [9.17, 15) is 9.59 Å². The highest BCUT2D eigenvalue weighted by Crippen LogP contribution is 2.17. The molecule has 5 nitrogen and oxygen atoms in total. The zero-order valence-corrected chi connectivity index (χ0v) is 13.6. The second kappa shape index (κ2) is 7.97. The largest absolute Gasteiger partial charge is 0.459 e. The number of hydrogen-bond donors (Lipinski definition) is 2. The molecule has 1 heterocycles. The summed E-state index contributed by atoms with van der Waals surface area (Å²) in [5, 5.41) is 5.58. The topological polar surface area (TPSA) is 71.3 Å². The highest BCUT2D eigenvalue weighted by Gasteiger charge is 2.09. The first-order valence-electron chi connectivity index (χ1n) is 7.99. The molecule has 0 saturated heterocycles. The molecular formula is C20H18N2O3. The van der Waals surface area contributed by atoms with Crippen LogP contribution in [0.25, 0.3) is 0 Å². The molecule has 3 rings (SSSR count). The number of anilines is 2. The maximum absolute atomic E-state index is 12.1. The van der Waals surface area contributed by atoms with Crippen molar-refractivity contribution in [2.75, 3.05) is 10.6 Å². The molecule has 2 N–H and O–H groups in total. The summed E-state index contributed by atoms with van der Waals surface area (Å²) >= 11 is 0. The SMILES string of the molecule is O=C(CCc1ccccc1)Nc1cccc(NC(=O)c2ccco2)c1. The molecule has 0 spiro atoms. The standard InChI is InChI=1S/C20H18N2O3/c23-19(12-11-15-6-2-1-3-7-15)21-16-8-4-9-17(14-16)22-20(24)18-10-5-13-25-18/h1-10,13-14H,11-12H2,(H,21,23)(H,22,24). The molecule has 2 amide bonds. The first-order valence-corrected chi connectivity index (χ1v) is 7.99. The van der Waals surface area contributed by atoms with Crippen LogP contribution in [0.1, 0.15) is 22.5 Å². The van der Waals surface area contributed by atoms with Crippen LogP contribution in [-0.4, -0.2) is 11.8 Å². The van der Waals surface area contributed by atoms with Gasteiger partial charge in [0.2, 0.25) is 5.91 Å². The predicted molar refractivity (Wildman–Crippen MR) is 96.5 cm³/mol. The van der Waals surface area contributed by atoms with Crippen LogP contribution in [0.3, 0.4) is 0 Å². The summed E-state index contributed by atoms with van der Waals surface area (Å²) in [7, 11) is 0. The highest BCUT2D eigenvalue weighted by molar-refractivity contribution is 6.02. The minimum absolute atomic E-state index is 0.0710. The fourth-order valence-corrected chi connectivity index (χ4v) is 2.40. The lowest BCUT2D eigenvalue weighted by molar-refractivity contribution is -0.116. The molecule has 0 aliphatic carbocycles. The Bertz CT molecular complexity index is 842. The van der Waals surface area contributed by atoms with Gasteiger partial charge in [0.25, 0.3) is 5.91 Å². The summed E-state index contributed by atoms with van der Waals surface area (Å²) in [6.07, 6.45) is 2.52. The molecular weight excluding hydrogens is 316 g/mol. The van der Waals surface area contributed by atoms with E-state index in [1.165, 1.54) is 6.26 Å². The van der Waals surface area contributed by atoms with Crippen molar-refractivity contribution >= 4 is 23.2 Å². The van der Waals surface area contributed by atoms with Gasteiger partial charge < -0.3 is 15.1 Å². The second-order valence-electron chi connectivity index (χ2n) is 5.55. The Morgan fingerprint density at radius 2 is 1.60 bits per heavy atom. The van der Waals surface area contributed by atoms with E-state index >= 15 is 0 Å². The van der Waals surface area contributed by atoms with Gasteiger partial charge in [-0.3, -0.25) is 9.59 Å². The van der Waals surface area contributed by atoms with Crippen LogP contribution in [0.2, 0.25) is 0 Å². The van der Waals surface area contributed by atoms with Crippen LogP contribution in [-0.2, 0) is 11.2 Å². The number of nitrogens with one attached hydrogen (secondary N) is 2. The zero-order valence-electron chi connectivity index (χ0n) is 13.6. The van der Waals surface area contributed by atoms with Crippen molar-refractivity contribution in [3.63, 3.8) is 0 Å². The maximum Gasteiger partial charge on any atom is 0.291 e. The van der Waals surface area contributed by atoms with Gasteiger partial charge in [0.05, 0.1) is 6.26 Å². The summed E-state index contributed by atoms with van der Waals surface area (Å²) in [6.45, 7) is 0. The Morgan fingerprint density at radius 1 is 0.840 bits per heavy atom. The van der Waals surface area contributed by atoms with Gasteiger partial charge in [-0.1, -0.05) is 36.4 Å². The molecule has 0 saturated carbocycles. The third-order valence-corrected chi connectivity index (χ3v) is 3.63. The van der Waals surface area contributed by atoms with Crippen LogP contribution in [0.5, 0.6) is 0 Å². The van der Waals surface area contributed by atoms with E-state index in [0.29, 0.717) is 24.2 Å². The van der Waals surface area contributed by atoms with Gasteiger partial charge in [-0.05, 0) is 42.3 Å². The molecule has 0 radical (unpaired) electrons. The van der Waals surface area contributed by atoms with Crippen LogP contribution < -0.4 is 10.6 Å². The van der Waals surface area contributed by atoms with Crippen molar-refractivity contribution in [1.82, 2.24) is 0 Å². The van der Waals surface area contributed by atoms with E-state index in [1.807, 2.05) is 30.3 Å². The average molecular weight is 334 g/mol. The summed E-state index contributed by atoms with van der Waals surface area (Å²) in [6, 6.07) is 20.1. The lowest BCUT2D eigenvalue weighted by atomic mass is 10.1. The molecule has 3 aromatic rings. The average Bonchev–Trinajstić information content (AvgIpc) is 3.16. The van der Waals surface area contributed by atoms with E-state index in [0.717, 1.165) is 5.56 Å². The monoisotopic (exact) mass is 334 g/mol. The van der Waals surface area contributed by atoms with Gasteiger partial charge in [-0.2, -0.15) is 0 Å². The fourth-order valence-electron chi connectivity index (χ4n) is 2.40. The van der Waals surface area contributed by atoms with Crippen molar-refractivity contribution in [3.05, 3.63) is 84.3 Å².